The van der Waals surface area contributed by atoms with Gasteiger partial charge in [-0.15, -0.1) is 0 Å². The molecule has 0 saturated carbocycles. The van der Waals surface area contributed by atoms with Crippen molar-refractivity contribution in [3.8, 4) is 0 Å². The first kappa shape index (κ1) is 28.9. The number of carboxylic acids is 1. The van der Waals surface area contributed by atoms with Crippen molar-refractivity contribution in [1.29, 1.82) is 0 Å². The smallest absolute Gasteiger partial charge is 0.355 e. The van der Waals surface area contributed by atoms with Gasteiger partial charge < -0.3 is 10.4 Å². The van der Waals surface area contributed by atoms with Crippen molar-refractivity contribution in [2.24, 2.45) is 15.3 Å². The average molecular weight is 631 g/mol. The van der Waals surface area contributed by atoms with Crippen molar-refractivity contribution in [3.05, 3.63) is 53.0 Å². The minimum atomic E-state index is -4.87. The van der Waals surface area contributed by atoms with Crippen molar-refractivity contribution in [2.45, 2.75) is 15.8 Å². The fraction of sp³-hybridized carbons (Fsp3) is 0.0526. The van der Waals surface area contributed by atoms with Gasteiger partial charge in [0.2, 0.25) is 22.6 Å². The Hall–Kier alpha value is -4.14. The Morgan fingerprint density at radius 2 is 1.57 bits per heavy atom. The minimum absolute atomic E-state index is 0.0756. The van der Waals surface area contributed by atoms with Crippen LogP contribution in [0.25, 0.3) is 0 Å². The second-order valence-electron chi connectivity index (χ2n) is 7.51. The van der Waals surface area contributed by atoms with Gasteiger partial charge in [0.1, 0.15) is 10.6 Å². The molecule has 3 aromatic rings. The van der Waals surface area contributed by atoms with Crippen LogP contribution in [0.4, 0.5) is 23.0 Å². The van der Waals surface area contributed by atoms with E-state index >= 15 is 0 Å². The molecule has 208 valence electrons. The largest absolute Gasteiger partial charge is 0.477 e. The normalized spacial score (nSPS) is 15.9. The van der Waals surface area contributed by atoms with E-state index < -0.39 is 59.3 Å². The number of rotatable bonds is 8. The molecule has 0 radical (unpaired) electrons. The van der Waals surface area contributed by atoms with Crippen LogP contribution in [0.3, 0.4) is 0 Å². The monoisotopic (exact) mass is 630 g/mol. The third-order valence-electron chi connectivity index (χ3n) is 4.86. The highest BCUT2D eigenvalue weighted by Crippen LogP contribution is 2.31. The predicted octanol–water partition coefficient (Wildman–Crippen LogP) is 2.36. The molecule has 1 aliphatic rings. The number of carboxylic acid groups (broad SMARTS) is 1. The third-order valence-corrected chi connectivity index (χ3v) is 6.97. The maximum atomic E-state index is 13.0. The summed E-state index contributed by atoms with van der Waals surface area (Å²) >= 11 is 11.5. The van der Waals surface area contributed by atoms with E-state index in [4.69, 9.17) is 27.8 Å². The summed E-state index contributed by atoms with van der Waals surface area (Å²) in [5, 5.41) is 23.3. The molecule has 21 heteroatoms. The lowest BCUT2D eigenvalue weighted by Crippen LogP contribution is -2.33. The van der Waals surface area contributed by atoms with Crippen LogP contribution in [-0.4, -0.2) is 69.6 Å². The molecule has 1 aromatic heterocycles. The van der Waals surface area contributed by atoms with Gasteiger partial charge in [-0.2, -0.15) is 52.1 Å². The van der Waals surface area contributed by atoms with E-state index in [1.54, 1.807) is 0 Å². The second-order valence-corrected chi connectivity index (χ2v) is 11.0. The Kier molecular flexibility index (Phi) is 7.78. The number of anilines is 3. The Morgan fingerprint density at radius 1 is 0.950 bits per heavy atom. The number of hydrogen-bond acceptors (Lipinski definition) is 13. The van der Waals surface area contributed by atoms with Crippen molar-refractivity contribution >= 4 is 84.0 Å². The van der Waals surface area contributed by atoms with Gasteiger partial charge in [-0.1, -0.05) is 0 Å². The van der Waals surface area contributed by atoms with Crippen LogP contribution in [0.5, 0.6) is 0 Å². The number of azo groups is 1. The molecule has 2 heterocycles. The van der Waals surface area contributed by atoms with E-state index in [0.717, 1.165) is 36.4 Å². The SMILES string of the molecule is O=C(O)C1=NN(c2ccc(S(=O)(=O)O)cc2)C(=O)C1N=Nc1cc(Nc2nc(Cl)nc(Cl)n2)ccc1S(=O)(=O)O. The molecule has 4 rings (SSSR count). The lowest BCUT2D eigenvalue weighted by molar-refractivity contribution is -0.130. The summed E-state index contributed by atoms with van der Waals surface area (Å²) < 4.78 is 65.0. The van der Waals surface area contributed by atoms with E-state index in [-0.39, 0.29) is 27.9 Å². The summed E-state index contributed by atoms with van der Waals surface area (Å²) in [4.78, 5) is 34.6. The summed E-state index contributed by atoms with van der Waals surface area (Å²) in [6.07, 6.45) is 0. The number of aromatic nitrogens is 3. The van der Waals surface area contributed by atoms with Crippen LogP contribution in [0.2, 0.25) is 10.6 Å². The molecule has 1 atom stereocenters. The van der Waals surface area contributed by atoms with Gasteiger partial charge in [0.15, 0.2) is 5.71 Å². The summed E-state index contributed by atoms with van der Waals surface area (Å²) in [5.74, 6) is -2.85. The highest BCUT2D eigenvalue weighted by Gasteiger charge is 2.41. The Balaban J connectivity index is 1.69. The summed E-state index contributed by atoms with van der Waals surface area (Å²) in [6.45, 7) is 0. The van der Waals surface area contributed by atoms with E-state index in [1.807, 2.05) is 0 Å². The Labute approximate surface area is 233 Å². The molecule has 1 unspecified atom stereocenters. The minimum Gasteiger partial charge on any atom is -0.477 e. The van der Waals surface area contributed by atoms with Crippen LogP contribution in [0.1, 0.15) is 0 Å². The molecular formula is C19H12Cl2N8O9S2. The second kappa shape index (κ2) is 10.8. The lowest BCUT2D eigenvalue weighted by atomic mass is 10.2. The number of carbonyl (C=O) groups excluding carboxylic acids is 1. The molecule has 0 saturated heterocycles. The number of nitrogens with zero attached hydrogens (tertiary/aromatic N) is 7. The van der Waals surface area contributed by atoms with E-state index in [1.165, 1.54) is 6.07 Å². The number of halogens is 2. The molecule has 0 bridgehead atoms. The number of amides is 1. The van der Waals surface area contributed by atoms with Crippen molar-refractivity contribution in [1.82, 2.24) is 15.0 Å². The number of aliphatic carboxylic acids is 1. The molecule has 1 amide bonds. The zero-order valence-corrected chi connectivity index (χ0v) is 22.3. The predicted molar refractivity (Wildman–Crippen MR) is 137 cm³/mol. The van der Waals surface area contributed by atoms with Crippen LogP contribution >= 0.6 is 23.2 Å². The third kappa shape index (κ3) is 6.35. The maximum absolute atomic E-state index is 13.0. The first-order valence-electron chi connectivity index (χ1n) is 10.2. The fourth-order valence-corrected chi connectivity index (χ4v) is 4.62. The molecule has 2 aromatic carbocycles. The first-order valence-corrected chi connectivity index (χ1v) is 13.9. The van der Waals surface area contributed by atoms with Crippen molar-refractivity contribution < 1.29 is 40.6 Å². The zero-order valence-electron chi connectivity index (χ0n) is 19.1. The van der Waals surface area contributed by atoms with Crippen LogP contribution in [0, 0.1) is 0 Å². The molecule has 1 aliphatic heterocycles. The van der Waals surface area contributed by atoms with Crippen LogP contribution in [0.15, 0.2) is 67.6 Å². The molecular weight excluding hydrogens is 619 g/mol. The first-order chi connectivity index (χ1) is 18.6. The molecule has 0 spiro atoms. The fourth-order valence-electron chi connectivity index (χ4n) is 3.17. The summed E-state index contributed by atoms with van der Waals surface area (Å²) in [6, 6.07) is 5.37. The Bertz CT molecular complexity index is 1800. The number of hydrazone groups is 1. The maximum Gasteiger partial charge on any atom is 0.355 e. The summed E-state index contributed by atoms with van der Waals surface area (Å²) in [7, 11) is -9.41. The number of nitrogens with one attached hydrogen (secondary N) is 1. The van der Waals surface area contributed by atoms with E-state index in [0.29, 0.717) is 5.01 Å². The topological polar surface area (TPSA) is 254 Å². The highest BCUT2D eigenvalue weighted by molar-refractivity contribution is 7.86. The zero-order chi connectivity index (χ0) is 29.4. The van der Waals surface area contributed by atoms with Gasteiger partial charge in [0, 0.05) is 5.69 Å². The van der Waals surface area contributed by atoms with Gasteiger partial charge in [-0.25, -0.2) is 4.79 Å². The molecule has 17 nitrogen and oxygen atoms in total. The number of carbonyl (C=O) groups is 2. The highest BCUT2D eigenvalue weighted by atomic mass is 35.5. The van der Waals surface area contributed by atoms with Gasteiger partial charge in [0.05, 0.1) is 10.6 Å². The lowest BCUT2D eigenvalue weighted by Gasteiger charge is -2.12. The van der Waals surface area contributed by atoms with Crippen LogP contribution in [-0.2, 0) is 29.8 Å². The number of benzene rings is 2. The number of hydrogen-bond donors (Lipinski definition) is 4. The van der Waals surface area contributed by atoms with Gasteiger partial charge in [0.25, 0.3) is 26.1 Å². The molecule has 0 aliphatic carbocycles. The van der Waals surface area contributed by atoms with Crippen molar-refractivity contribution in [3.63, 3.8) is 0 Å². The van der Waals surface area contributed by atoms with Crippen molar-refractivity contribution in [2.75, 3.05) is 10.3 Å². The average Bonchev–Trinajstić information content (AvgIpc) is 3.17. The standard InChI is InChI=1S/C19H12Cl2N8O9S2/c20-17-23-18(21)25-19(24-17)22-8-1-6-12(40(36,37)38)11(7-8)26-27-13-14(16(31)32)28-29(15(13)30)9-2-4-10(5-3-9)39(33,34)35/h1-7,13H,(H,31,32)(H,33,34,35)(H,36,37,38)(H,22,23,24,25). The van der Waals surface area contributed by atoms with E-state index in [2.05, 4.69) is 35.6 Å². The van der Waals surface area contributed by atoms with Gasteiger partial charge in [-0.05, 0) is 65.7 Å². The molecule has 0 fully saturated rings. The van der Waals surface area contributed by atoms with Crippen LogP contribution < -0.4 is 10.3 Å². The Morgan fingerprint density at radius 3 is 2.12 bits per heavy atom. The molecule has 40 heavy (non-hydrogen) atoms. The quantitative estimate of drug-likeness (QED) is 0.206. The van der Waals surface area contributed by atoms with E-state index in [9.17, 15) is 36.1 Å². The summed E-state index contributed by atoms with van der Waals surface area (Å²) in [5.41, 5.74) is -1.31. The van der Waals surface area contributed by atoms with Gasteiger partial charge in [-0.3, -0.25) is 13.9 Å². The van der Waals surface area contributed by atoms with Gasteiger partial charge >= 0.3 is 5.97 Å². The molecule has 4 N–H and O–H groups in total.